The number of hydrogen-bond donors (Lipinski definition) is 0. The lowest BCUT2D eigenvalue weighted by Crippen LogP contribution is -2.23. The predicted octanol–water partition coefficient (Wildman–Crippen LogP) is 1.59. The van der Waals surface area contributed by atoms with Crippen LogP contribution in [0, 0.1) is 6.92 Å². The van der Waals surface area contributed by atoms with Gasteiger partial charge in [-0.15, -0.1) is 0 Å². The number of rotatable bonds is 2. The summed E-state index contributed by atoms with van der Waals surface area (Å²) in [5, 5.41) is 4.82. The van der Waals surface area contributed by atoms with Gasteiger partial charge in [-0.1, -0.05) is 23.7 Å². The lowest BCUT2D eigenvalue weighted by molar-refractivity contribution is 0.646. The number of halogens is 1. The third-order valence-corrected chi connectivity index (χ3v) is 2.72. The van der Waals surface area contributed by atoms with Crippen molar-refractivity contribution in [1.82, 2.24) is 14.3 Å². The summed E-state index contributed by atoms with van der Waals surface area (Å²) < 4.78 is 2.95. The molecule has 0 N–H and O–H groups in total. The molecular weight excluding hydrogens is 226 g/mol. The van der Waals surface area contributed by atoms with E-state index in [1.807, 2.05) is 18.2 Å². The van der Waals surface area contributed by atoms with Gasteiger partial charge in [0, 0.05) is 12.1 Å². The van der Waals surface area contributed by atoms with Crippen LogP contribution in [0.2, 0.25) is 5.02 Å². The van der Waals surface area contributed by atoms with Crippen LogP contribution in [0.5, 0.6) is 0 Å². The van der Waals surface area contributed by atoms with Gasteiger partial charge in [-0.25, -0.2) is 9.48 Å². The molecule has 0 saturated heterocycles. The average Bonchev–Trinajstić information content (AvgIpc) is 2.47. The first-order valence-electron chi connectivity index (χ1n) is 4.93. The summed E-state index contributed by atoms with van der Waals surface area (Å²) in [5.41, 5.74) is 0.852. The van der Waals surface area contributed by atoms with Gasteiger partial charge in [0.25, 0.3) is 0 Å². The molecule has 16 heavy (non-hydrogen) atoms. The largest absolute Gasteiger partial charge is 0.345 e. The van der Waals surface area contributed by atoms with Crippen molar-refractivity contribution in [3.05, 3.63) is 51.2 Å². The SMILES string of the molecule is Cc1nn(Cc2cccc(Cl)c2)c(=O)n1C. The molecule has 0 saturated carbocycles. The summed E-state index contributed by atoms with van der Waals surface area (Å²) >= 11 is 5.87. The van der Waals surface area contributed by atoms with E-state index >= 15 is 0 Å². The van der Waals surface area contributed by atoms with Crippen LogP contribution in [0.4, 0.5) is 0 Å². The molecule has 1 aromatic heterocycles. The van der Waals surface area contributed by atoms with Crippen molar-refractivity contribution in [3.8, 4) is 0 Å². The van der Waals surface area contributed by atoms with Crippen LogP contribution in [-0.2, 0) is 13.6 Å². The summed E-state index contributed by atoms with van der Waals surface area (Å²) in [6.07, 6.45) is 0. The fourth-order valence-corrected chi connectivity index (χ4v) is 1.72. The first kappa shape index (κ1) is 11.0. The van der Waals surface area contributed by atoms with E-state index < -0.39 is 0 Å². The second-order valence-electron chi connectivity index (χ2n) is 3.68. The molecule has 0 spiro atoms. The van der Waals surface area contributed by atoms with E-state index in [9.17, 15) is 4.79 Å². The predicted molar refractivity (Wildman–Crippen MR) is 62.8 cm³/mol. The maximum absolute atomic E-state index is 11.7. The third-order valence-electron chi connectivity index (χ3n) is 2.48. The molecule has 0 bridgehead atoms. The minimum absolute atomic E-state index is 0.113. The molecule has 0 fully saturated rings. The fourth-order valence-electron chi connectivity index (χ4n) is 1.51. The van der Waals surface area contributed by atoms with Gasteiger partial charge in [-0.05, 0) is 24.6 Å². The number of aryl methyl sites for hydroxylation is 1. The van der Waals surface area contributed by atoms with Crippen LogP contribution in [0.15, 0.2) is 29.1 Å². The molecule has 0 aliphatic rings. The van der Waals surface area contributed by atoms with E-state index in [0.29, 0.717) is 17.4 Å². The molecule has 2 aromatic rings. The van der Waals surface area contributed by atoms with Crippen molar-refractivity contribution in [3.63, 3.8) is 0 Å². The smallest absolute Gasteiger partial charge is 0.282 e. The molecule has 1 aromatic carbocycles. The van der Waals surface area contributed by atoms with Gasteiger partial charge >= 0.3 is 5.69 Å². The maximum Gasteiger partial charge on any atom is 0.345 e. The van der Waals surface area contributed by atoms with Crippen molar-refractivity contribution < 1.29 is 0 Å². The van der Waals surface area contributed by atoms with Crippen LogP contribution in [0.3, 0.4) is 0 Å². The number of benzene rings is 1. The Morgan fingerprint density at radius 2 is 2.19 bits per heavy atom. The van der Waals surface area contributed by atoms with E-state index in [1.165, 1.54) is 9.25 Å². The molecule has 84 valence electrons. The Bertz CT molecular complexity index is 571. The van der Waals surface area contributed by atoms with Gasteiger partial charge < -0.3 is 0 Å². The van der Waals surface area contributed by atoms with Crippen molar-refractivity contribution in [2.24, 2.45) is 7.05 Å². The number of aromatic nitrogens is 3. The highest BCUT2D eigenvalue weighted by Gasteiger charge is 2.06. The van der Waals surface area contributed by atoms with Crippen LogP contribution in [0.1, 0.15) is 11.4 Å². The zero-order valence-corrected chi connectivity index (χ0v) is 9.90. The summed E-state index contributed by atoms with van der Waals surface area (Å²) in [4.78, 5) is 11.7. The minimum Gasteiger partial charge on any atom is -0.282 e. The minimum atomic E-state index is -0.113. The fraction of sp³-hybridized carbons (Fsp3) is 0.273. The standard InChI is InChI=1S/C11H12ClN3O/c1-8-13-15(11(16)14(8)2)7-9-4-3-5-10(12)6-9/h3-6H,7H2,1-2H3. The Morgan fingerprint density at radius 1 is 1.44 bits per heavy atom. The van der Waals surface area contributed by atoms with Crippen molar-refractivity contribution in [2.45, 2.75) is 13.5 Å². The van der Waals surface area contributed by atoms with Crippen molar-refractivity contribution >= 4 is 11.6 Å². The summed E-state index contributed by atoms with van der Waals surface area (Å²) in [6, 6.07) is 7.41. The van der Waals surface area contributed by atoms with E-state index in [0.717, 1.165) is 5.56 Å². The Kier molecular flexibility index (Phi) is 2.83. The van der Waals surface area contributed by atoms with E-state index in [-0.39, 0.29) is 5.69 Å². The zero-order chi connectivity index (χ0) is 11.7. The van der Waals surface area contributed by atoms with Crippen LogP contribution in [-0.4, -0.2) is 14.3 Å². The van der Waals surface area contributed by atoms with Crippen LogP contribution >= 0.6 is 11.6 Å². The molecule has 2 rings (SSSR count). The molecule has 4 nitrogen and oxygen atoms in total. The van der Waals surface area contributed by atoms with Crippen LogP contribution in [0.25, 0.3) is 0 Å². The molecule has 0 radical (unpaired) electrons. The van der Waals surface area contributed by atoms with E-state index in [2.05, 4.69) is 5.10 Å². The quantitative estimate of drug-likeness (QED) is 0.796. The van der Waals surface area contributed by atoms with Crippen LogP contribution < -0.4 is 5.69 Å². The maximum atomic E-state index is 11.7. The lowest BCUT2D eigenvalue weighted by atomic mass is 10.2. The van der Waals surface area contributed by atoms with E-state index in [1.54, 1.807) is 20.0 Å². The number of nitrogens with zero attached hydrogens (tertiary/aromatic N) is 3. The monoisotopic (exact) mass is 237 g/mol. The second kappa shape index (κ2) is 4.14. The highest BCUT2D eigenvalue weighted by Crippen LogP contribution is 2.10. The normalized spacial score (nSPS) is 10.7. The first-order chi connectivity index (χ1) is 7.58. The molecular formula is C11H12ClN3O. The van der Waals surface area contributed by atoms with Gasteiger partial charge in [0.05, 0.1) is 6.54 Å². The van der Waals surface area contributed by atoms with E-state index in [4.69, 9.17) is 11.6 Å². The van der Waals surface area contributed by atoms with Gasteiger partial charge in [0.2, 0.25) is 0 Å². The molecule has 0 unspecified atom stereocenters. The summed E-state index contributed by atoms with van der Waals surface area (Å²) in [7, 11) is 1.71. The molecule has 0 aliphatic carbocycles. The Hall–Kier alpha value is -1.55. The highest BCUT2D eigenvalue weighted by atomic mass is 35.5. The summed E-state index contributed by atoms with van der Waals surface area (Å²) in [6.45, 7) is 2.25. The molecule has 5 heteroatoms. The average molecular weight is 238 g/mol. The zero-order valence-electron chi connectivity index (χ0n) is 9.14. The van der Waals surface area contributed by atoms with Gasteiger partial charge in [-0.3, -0.25) is 4.57 Å². The van der Waals surface area contributed by atoms with Crippen molar-refractivity contribution in [2.75, 3.05) is 0 Å². The van der Waals surface area contributed by atoms with Gasteiger partial charge in [0.15, 0.2) is 0 Å². The summed E-state index contributed by atoms with van der Waals surface area (Å²) in [5.74, 6) is 0.701. The molecule has 0 amide bonds. The Balaban J connectivity index is 2.34. The number of hydrogen-bond acceptors (Lipinski definition) is 2. The Morgan fingerprint density at radius 3 is 2.75 bits per heavy atom. The molecule has 0 aliphatic heterocycles. The molecule has 0 atom stereocenters. The topological polar surface area (TPSA) is 39.8 Å². The second-order valence-corrected chi connectivity index (χ2v) is 4.11. The first-order valence-corrected chi connectivity index (χ1v) is 5.30. The lowest BCUT2D eigenvalue weighted by Gasteiger charge is -2.00. The molecule has 1 heterocycles. The van der Waals surface area contributed by atoms with Gasteiger partial charge in [0.1, 0.15) is 5.82 Å². The highest BCUT2D eigenvalue weighted by molar-refractivity contribution is 6.30. The van der Waals surface area contributed by atoms with Crippen molar-refractivity contribution in [1.29, 1.82) is 0 Å². The van der Waals surface area contributed by atoms with Gasteiger partial charge in [-0.2, -0.15) is 5.10 Å². The third kappa shape index (κ3) is 2.02. The Labute approximate surface area is 98.1 Å².